The molecule has 1 amide bonds. The van der Waals surface area contributed by atoms with Crippen molar-refractivity contribution in [3.8, 4) is 0 Å². The number of benzene rings is 1. The summed E-state index contributed by atoms with van der Waals surface area (Å²) in [7, 11) is 0. The van der Waals surface area contributed by atoms with E-state index in [9.17, 15) is 9.90 Å². The number of carboxylic acid groups (broad SMARTS) is 1. The molecule has 2 heterocycles. The van der Waals surface area contributed by atoms with Gasteiger partial charge < -0.3 is 16.2 Å². The molecule has 0 unspecified atom stereocenters. The lowest BCUT2D eigenvalue weighted by Crippen LogP contribution is -2.44. The van der Waals surface area contributed by atoms with Crippen LogP contribution in [0.3, 0.4) is 0 Å². The molecular weight excluding hydrogens is 463 g/mol. The minimum absolute atomic E-state index is 0.0649. The van der Waals surface area contributed by atoms with Gasteiger partial charge >= 0.3 is 6.09 Å². The van der Waals surface area contributed by atoms with Gasteiger partial charge in [0, 0.05) is 23.6 Å². The summed E-state index contributed by atoms with van der Waals surface area (Å²) in [6, 6.07) is 7.36. The molecule has 3 aromatic rings. The van der Waals surface area contributed by atoms with Gasteiger partial charge in [0.1, 0.15) is 5.02 Å². The topological polar surface area (TPSA) is 117 Å². The van der Waals surface area contributed by atoms with Crippen LogP contribution in [-0.4, -0.2) is 36.6 Å². The Labute approximate surface area is 202 Å². The quantitative estimate of drug-likeness (QED) is 0.368. The van der Waals surface area contributed by atoms with Gasteiger partial charge in [-0.2, -0.15) is 4.98 Å². The van der Waals surface area contributed by atoms with Gasteiger partial charge in [-0.25, -0.2) is 9.78 Å². The summed E-state index contributed by atoms with van der Waals surface area (Å²) in [5.74, 6) is 0.362. The number of carbonyl (C=O) groups is 1. The number of nitrogens with one attached hydrogen (secondary N) is 1. The predicted octanol–water partition coefficient (Wildman–Crippen LogP) is 5.95. The molecule has 3 rings (SSSR count). The normalized spacial score (nSPS) is 11.5. The van der Waals surface area contributed by atoms with Crippen molar-refractivity contribution in [2.45, 2.75) is 32.9 Å². The van der Waals surface area contributed by atoms with Gasteiger partial charge in [-0.05, 0) is 67.3 Å². The molecule has 0 spiro atoms. The van der Waals surface area contributed by atoms with Crippen molar-refractivity contribution < 1.29 is 9.90 Å². The lowest BCUT2D eigenvalue weighted by molar-refractivity contribution is 0.0955. The molecule has 0 atom stereocenters. The summed E-state index contributed by atoms with van der Waals surface area (Å²) in [5.41, 5.74) is 8.93. The number of hydrogen-bond acceptors (Lipinski definition) is 6. The first-order valence-electron chi connectivity index (χ1n) is 10.00. The van der Waals surface area contributed by atoms with Crippen LogP contribution < -0.4 is 11.1 Å². The second-order valence-corrected chi connectivity index (χ2v) is 9.04. The van der Waals surface area contributed by atoms with Crippen LogP contribution in [0, 0.1) is 0 Å². The third kappa shape index (κ3) is 6.57. The van der Waals surface area contributed by atoms with Crippen molar-refractivity contribution in [3.05, 3.63) is 69.9 Å². The van der Waals surface area contributed by atoms with Gasteiger partial charge in [0.25, 0.3) is 0 Å². The minimum Gasteiger partial charge on any atom is -0.465 e. The molecule has 0 radical (unpaired) electrons. The largest absolute Gasteiger partial charge is 0.465 e. The summed E-state index contributed by atoms with van der Waals surface area (Å²) >= 11 is 12.1. The molecule has 2 aromatic heterocycles. The average Bonchev–Trinajstić information content (AvgIpc) is 2.73. The molecule has 33 heavy (non-hydrogen) atoms. The van der Waals surface area contributed by atoms with Crippen molar-refractivity contribution in [2.75, 3.05) is 11.1 Å². The highest BCUT2D eigenvalue weighted by Gasteiger charge is 2.26. The zero-order valence-electron chi connectivity index (χ0n) is 18.4. The van der Waals surface area contributed by atoms with Gasteiger partial charge in [0.15, 0.2) is 5.82 Å². The summed E-state index contributed by atoms with van der Waals surface area (Å²) in [5, 5.41) is 13.2. The summed E-state index contributed by atoms with van der Waals surface area (Å²) in [6.07, 6.45) is 7.42. The van der Waals surface area contributed by atoms with Crippen LogP contribution in [0.2, 0.25) is 10.3 Å². The van der Waals surface area contributed by atoms with Crippen molar-refractivity contribution in [2.24, 2.45) is 0 Å². The van der Waals surface area contributed by atoms with Crippen LogP contribution in [0.15, 0.2) is 42.9 Å². The third-order valence-corrected chi connectivity index (χ3v) is 5.19. The fourth-order valence-corrected chi connectivity index (χ4v) is 3.33. The average molecular weight is 487 g/mol. The number of rotatable bonds is 6. The Bertz CT molecular complexity index is 1190. The number of nitrogens with zero attached hydrogens (tertiary/aromatic N) is 4. The standard InChI is InChI=1S/C23H24Cl2N6O2/c1-23(2,3)31(22(32)33)13-16-6-7-18(29-20-19(24)12-28-21(25)30-20)9-15(16)5-4-14-8-17(26)11-27-10-14/h4-12H,13,26H2,1-3H3,(H,32,33)(H,28,29,30)/b5-4+. The monoisotopic (exact) mass is 486 g/mol. The Morgan fingerprint density at radius 3 is 2.61 bits per heavy atom. The lowest BCUT2D eigenvalue weighted by atomic mass is 10.0. The number of halogens is 2. The molecule has 4 N–H and O–H groups in total. The molecule has 0 aliphatic heterocycles. The van der Waals surface area contributed by atoms with Crippen molar-refractivity contribution in [1.82, 2.24) is 19.9 Å². The van der Waals surface area contributed by atoms with E-state index in [0.717, 1.165) is 16.7 Å². The predicted molar refractivity (Wildman–Crippen MR) is 133 cm³/mol. The molecule has 1 aromatic carbocycles. The highest BCUT2D eigenvalue weighted by atomic mass is 35.5. The number of nitrogen functional groups attached to an aromatic ring is 1. The van der Waals surface area contributed by atoms with E-state index in [0.29, 0.717) is 22.2 Å². The Morgan fingerprint density at radius 1 is 1.18 bits per heavy atom. The first kappa shape index (κ1) is 24.3. The van der Waals surface area contributed by atoms with Crippen LogP contribution in [0.25, 0.3) is 12.2 Å². The Hall–Kier alpha value is -3.36. The van der Waals surface area contributed by atoms with Crippen LogP contribution in [-0.2, 0) is 6.54 Å². The number of amides is 1. The van der Waals surface area contributed by atoms with E-state index in [1.807, 2.05) is 51.1 Å². The molecule has 10 heteroatoms. The molecule has 0 saturated heterocycles. The number of nitrogens with two attached hydrogens (primary N) is 1. The van der Waals surface area contributed by atoms with Crippen LogP contribution in [0.5, 0.6) is 0 Å². The zero-order valence-corrected chi connectivity index (χ0v) is 19.9. The van der Waals surface area contributed by atoms with E-state index in [4.69, 9.17) is 28.9 Å². The summed E-state index contributed by atoms with van der Waals surface area (Å²) in [4.78, 5) is 25.3. The summed E-state index contributed by atoms with van der Waals surface area (Å²) in [6.45, 7) is 5.76. The van der Waals surface area contributed by atoms with Crippen LogP contribution >= 0.6 is 23.2 Å². The van der Waals surface area contributed by atoms with E-state index in [-0.39, 0.29) is 11.8 Å². The van der Waals surface area contributed by atoms with Gasteiger partial charge in [-0.15, -0.1) is 0 Å². The van der Waals surface area contributed by atoms with Crippen LogP contribution in [0.4, 0.5) is 22.0 Å². The molecule has 172 valence electrons. The Kier molecular flexibility index (Phi) is 7.40. The molecule has 0 aliphatic rings. The fraction of sp³-hybridized carbons (Fsp3) is 0.217. The zero-order chi connectivity index (χ0) is 24.2. The van der Waals surface area contributed by atoms with E-state index in [1.165, 1.54) is 11.1 Å². The fourth-order valence-electron chi connectivity index (χ4n) is 3.06. The molecular formula is C23H24Cl2N6O2. The SMILES string of the molecule is CC(C)(C)N(Cc1ccc(Nc2nc(Cl)ncc2Cl)cc1/C=C/c1cncc(N)c1)C(=O)O. The van der Waals surface area contributed by atoms with Gasteiger partial charge in [-0.3, -0.25) is 9.88 Å². The van der Waals surface area contributed by atoms with Gasteiger partial charge in [-0.1, -0.05) is 29.8 Å². The smallest absolute Gasteiger partial charge is 0.408 e. The number of anilines is 3. The van der Waals surface area contributed by atoms with E-state index < -0.39 is 11.6 Å². The molecule has 0 bridgehead atoms. The highest BCUT2D eigenvalue weighted by Crippen LogP contribution is 2.28. The maximum absolute atomic E-state index is 11.9. The maximum Gasteiger partial charge on any atom is 0.408 e. The number of hydrogen-bond donors (Lipinski definition) is 3. The van der Waals surface area contributed by atoms with Crippen molar-refractivity contribution >= 4 is 58.6 Å². The second-order valence-electron chi connectivity index (χ2n) is 8.30. The van der Waals surface area contributed by atoms with Crippen molar-refractivity contribution in [3.63, 3.8) is 0 Å². The maximum atomic E-state index is 11.9. The van der Waals surface area contributed by atoms with Gasteiger partial charge in [0.2, 0.25) is 5.28 Å². The molecule has 0 fully saturated rings. The Balaban J connectivity index is 2.01. The summed E-state index contributed by atoms with van der Waals surface area (Å²) < 4.78 is 0. The van der Waals surface area contributed by atoms with Crippen molar-refractivity contribution in [1.29, 1.82) is 0 Å². The molecule has 8 nitrogen and oxygen atoms in total. The van der Waals surface area contributed by atoms with E-state index in [2.05, 4.69) is 20.3 Å². The molecule has 0 saturated carbocycles. The van der Waals surface area contributed by atoms with E-state index >= 15 is 0 Å². The second kappa shape index (κ2) is 10.1. The van der Waals surface area contributed by atoms with Crippen LogP contribution in [0.1, 0.15) is 37.5 Å². The third-order valence-electron chi connectivity index (χ3n) is 4.73. The highest BCUT2D eigenvalue weighted by molar-refractivity contribution is 6.33. The Morgan fingerprint density at radius 2 is 1.94 bits per heavy atom. The first-order chi connectivity index (χ1) is 15.5. The molecule has 0 aliphatic carbocycles. The first-order valence-corrected chi connectivity index (χ1v) is 10.8. The number of aromatic nitrogens is 3. The lowest BCUT2D eigenvalue weighted by Gasteiger charge is -2.33. The van der Waals surface area contributed by atoms with Gasteiger partial charge in [0.05, 0.1) is 18.4 Å². The number of pyridine rings is 1. The van der Waals surface area contributed by atoms with E-state index in [1.54, 1.807) is 18.5 Å². The minimum atomic E-state index is -0.998.